The number of hydrogen-bond donors (Lipinski definition) is 2. The van der Waals surface area contributed by atoms with Crippen molar-refractivity contribution in [3.8, 4) is 0 Å². The topological polar surface area (TPSA) is 61.4 Å². The van der Waals surface area contributed by atoms with Gasteiger partial charge in [0.15, 0.2) is 0 Å². The number of carbonyl (C=O) groups is 2. The highest BCUT2D eigenvalue weighted by Gasteiger charge is 2.37. The first-order chi connectivity index (χ1) is 14.9. The molecule has 5 nitrogen and oxygen atoms in total. The molecule has 2 aromatic carbocycles. The molecular formula is C24H25F2N3O2. The Bertz CT molecular complexity index is 1040. The normalized spacial score (nSPS) is 24.5. The summed E-state index contributed by atoms with van der Waals surface area (Å²) in [6.45, 7) is 2.56. The summed E-state index contributed by atoms with van der Waals surface area (Å²) in [7, 11) is 0. The van der Waals surface area contributed by atoms with E-state index in [1.165, 1.54) is 18.2 Å². The van der Waals surface area contributed by atoms with Gasteiger partial charge in [-0.2, -0.15) is 0 Å². The molecular weight excluding hydrogens is 400 g/mol. The first kappa shape index (κ1) is 20.0. The fraction of sp³-hybridized carbons (Fsp3) is 0.417. The van der Waals surface area contributed by atoms with Gasteiger partial charge in [0.2, 0.25) is 11.8 Å². The summed E-state index contributed by atoms with van der Waals surface area (Å²) in [5.41, 5.74) is 3.31. The maximum Gasteiger partial charge on any atom is 0.247 e. The largest absolute Gasteiger partial charge is 0.373 e. The van der Waals surface area contributed by atoms with Gasteiger partial charge in [0.25, 0.3) is 0 Å². The summed E-state index contributed by atoms with van der Waals surface area (Å²) in [5.74, 6) is -0.672. The average molecular weight is 425 g/mol. The van der Waals surface area contributed by atoms with E-state index in [2.05, 4.69) is 10.6 Å². The molecule has 2 saturated heterocycles. The summed E-state index contributed by atoms with van der Waals surface area (Å²) >= 11 is 0. The van der Waals surface area contributed by atoms with Crippen LogP contribution in [0.2, 0.25) is 0 Å². The number of nitrogens with one attached hydrogen (secondary N) is 2. The van der Waals surface area contributed by atoms with Gasteiger partial charge >= 0.3 is 0 Å². The molecule has 0 spiro atoms. The van der Waals surface area contributed by atoms with E-state index in [0.717, 1.165) is 30.4 Å². The summed E-state index contributed by atoms with van der Waals surface area (Å²) in [6, 6.07) is 7.38. The zero-order valence-electron chi connectivity index (χ0n) is 17.4. The smallest absolute Gasteiger partial charge is 0.247 e. The predicted molar refractivity (Wildman–Crippen MR) is 114 cm³/mol. The second kappa shape index (κ2) is 7.62. The molecule has 1 unspecified atom stereocenters. The molecule has 7 heteroatoms. The molecule has 2 amide bonds. The third-order valence-electron chi connectivity index (χ3n) is 6.89. The zero-order chi connectivity index (χ0) is 21.7. The number of halogens is 2. The summed E-state index contributed by atoms with van der Waals surface area (Å²) in [6.07, 6.45) is 3.32. The molecule has 0 aliphatic carbocycles. The maximum absolute atomic E-state index is 14.4. The summed E-state index contributed by atoms with van der Waals surface area (Å²) < 4.78 is 28.5. The van der Waals surface area contributed by atoms with Crippen LogP contribution in [0.1, 0.15) is 48.3 Å². The van der Waals surface area contributed by atoms with Crippen LogP contribution in [0, 0.1) is 18.6 Å². The van der Waals surface area contributed by atoms with Crippen LogP contribution >= 0.6 is 0 Å². The number of hydrogen-bond acceptors (Lipinski definition) is 3. The van der Waals surface area contributed by atoms with Gasteiger partial charge in [-0.05, 0) is 67.5 Å². The van der Waals surface area contributed by atoms with Gasteiger partial charge in [0, 0.05) is 42.4 Å². The monoisotopic (exact) mass is 425 g/mol. The van der Waals surface area contributed by atoms with Crippen molar-refractivity contribution in [1.82, 2.24) is 4.90 Å². The van der Waals surface area contributed by atoms with E-state index in [1.807, 2.05) is 17.9 Å². The quantitative estimate of drug-likeness (QED) is 0.778. The molecule has 2 aromatic rings. The zero-order valence-corrected chi connectivity index (χ0v) is 17.4. The van der Waals surface area contributed by atoms with Gasteiger partial charge in [-0.3, -0.25) is 9.59 Å². The lowest BCUT2D eigenvalue weighted by atomic mass is 9.85. The molecule has 3 heterocycles. The first-order valence-corrected chi connectivity index (χ1v) is 10.8. The van der Waals surface area contributed by atoms with Crippen molar-refractivity contribution in [3.05, 3.63) is 58.7 Å². The number of amides is 2. The Morgan fingerprint density at radius 3 is 2.84 bits per heavy atom. The SMILES string of the molecule is Cc1ccc(F)c2c1NC(C(=O)Nc1cc(F)cc([C@@H]3CCN4C(=O)CC[C@H]4C3)c1)C2. The minimum atomic E-state index is -0.606. The molecule has 2 N–H and O–H groups in total. The molecule has 0 bridgehead atoms. The summed E-state index contributed by atoms with van der Waals surface area (Å²) in [5, 5.41) is 5.91. The van der Waals surface area contributed by atoms with Gasteiger partial charge in [-0.1, -0.05) is 6.07 Å². The Balaban J connectivity index is 1.30. The number of benzene rings is 2. The lowest BCUT2D eigenvalue weighted by molar-refractivity contribution is -0.130. The number of fused-ring (bicyclic) bond motifs is 2. The van der Waals surface area contributed by atoms with Gasteiger partial charge in [0.1, 0.15) is 17.7 Å². The van der Waals surface area contributed by atoms with Crippen molar-refractivity contribution in [2.75, 3.05) is 17.2 Å². The van der Waals surface area contributed by atoms with E-state index in [-0.39, 0.29) is 36.0 Å². The Labute approximate surface area is 179 Å². The summed E-state index contributed by atoms with van der Waals surface area (Å²) in [4.78, 5) is 26.7. The molecule has 5 rings (SSSR count). The van der Waals surface area contributed by atoms with Crippen molar-refractivity contribution in [1.29, 1.82) is 0 Å². The second-order valence-electron chi connectivity index (χ2n) is 8.88. The van der Waals surface area contributed by atoms with Gasteiger partial charge < -0.3 is 15.5 Å². The molecule has 0 aromatic heterocycles. The van der Waals surface area contributed by atoms with Crippen LogP contribution in [0.25, 0.3) is 0 Å². The van der Waals surface area contributed by atoms with E-state index in [4.69, 9.17) is 0 Å². The van der Waals surface area contributed by atoms with Crippen molar-refractivity contribution in [2.45, 2.75) is 57.0 Å². The molecule has 2 fully saturated rings. The standard InChI is InChI=1S/C24H25F2N3O2/c1-13-2-4-20(26)19-12-21(28-23(13)19)24(31)27-17-9-15(8-16(25)11-17)14-6-7-29-18(10-14)3-5-22(29)30/h2,4,8-9,11,14,18,21,28H,3,5-7,10,12H2,1H3,(H,27,31)/t14-,18+,21?/m1/s1. The van der Waals surface area contributed by atoms with E-state index >= 15 is 0 Å². The van der Waals surface area contributed by atoms with Crippen LogP contribution in [0.15, 0.2) is 30.3 Å². The van der Waals surface area contributed by atoms with Crippen LogP contribution in [-0.4, -0.2) is 35.3 Å². The molecule has 0 radical (unpaired) electrons. The van der Waals surface area contributed by atoms with Gasteiger partial charge in [0.05, 0.1) is 0 Å². The number of rotatable bonds is 3. The van der Waals surface area contributed by atoms with E-state index in [1.54, 1.807) is 6.07 Å². The third-order valence-corrected chi connectivity index (χ3v) is 6.89. The number of anilines is 2. The second-order valence-corrected chi connectivity index (χ2v) is 8.88. The van der Waals surface area contributed by atoms with Crippen LogP contribution < -0.4 is 10.6 Å². The fourth-order valence-electron chi connectivity index (χ4n) is 5.27. The van der Waals surface area contributed by atoms with Crippen LogP contribution in [0.4, 0.5) is 20.2 Å². The number of aryl methyl sites for hydroxylation is 1. The Kier molecular flexibility index (Phi) is 4.91. The van der Waals surface area contributed by atoms with Crippen LogP contribution in [-0.2, 0) is 16.0 Å². The highest BCUT2D eigenvalue weighted by atomic mass is 19.1. The highest BCUT2D eigenvalue weighted by Crippen LogP contribution is 2.38. The van der Waals surface area contributed by atoms with E-state index in [9.17, 15) is 18.4 Å². The molecule has 3 aliphatic rings. The predicted octanol–water partition coefficient (Wildman–Crippen LogP) is 4.12. The van der Waals surface area contributed by atoms with Crippen molar-refractivity contribution >= 4 is 23.2 Å². The van der Waals surface area contributed by atoms with Crippen molar-refractivity contribution < 1.29 is 18.4 Å². The van der Waals surface area contributed by atoms with Crippen LogP contribution in [0.5, 0.6) is 0 Å². The number of nitrogens with zero attached hydrogens (tertiary/aromatic N) is 1. The van der Waals surface area contributed by atoms with Crippen molar-refractivity contribution in [2.24, 2.45) is 0 Å². The van der Waals surface area contributed by atoms with E-state index in [0.29, 0.717) is 29.9 Å². The van der Waals surface area contributed by atoms with Gasteiger partial charge in [-0.25, -0.2) is 8.78 Å². The number of piperidine rings is 1. The van der Waals surface area contributed by atoms with E-state index < -0.39 is 11.9 Å². The minimum Gasteiger partial charge on any atom is -0.373 e. The Morgan fingerprint density at radius 1 is 1.19 bits per heavy atom. The lowest BCUT2D eigenvalue weighted by Gasteiger charge is -2.35. The minimum absolute atomic E-state index is 0.157. The Hall–Kier alpha value is -2.96. The molecule has 3 atom stereocenters. The average Bonchev–Trinajstić information content (AvgIpc) is 3.35. The molecule has 162 valence electrons. The van der Waals surface area contributed by atoms with Crippen LogP contribution in [0.3, 0.4) is 0 Å². The highest BCUT2D eigenvalue weighted by molar-refractivity contribution is 5.98. The van der Waals surface area contributed by atoms with Crippen molar-refractivity contribution in [3.63, 3.8) is 0 Å². The lowest BCUT2D eigenvalue weighted by Crippen LogP contribution is -2.39. The molecule has 0 saturated carbocycles. The first-order valence-electron chi connectivity index (χ1n) is 10.8. The Morgan fingerprint density at radius 2 is 2.03 bits per heavy atom. The molecule has 31 heavy (non-hydrogen) atoms. The number of carbonyl (C=O) groups excluding carboxylic acids is 2. The van der Waals surface area contributed by atoms with Gasteiger partial charge in [-0.15, -0.1) is 0 Å². The maximum atomic E-state index is 14.4. The third kappa shape index (κ3) is 3.66. The fourth-order valence-corrected chi connectivity index (χ4v) is 5.27. The molecule has 3 aliphatic heterocycles.